The molecule has 1 heterocycles. The number of carbonyl (C=O) groups excluding carboxylic acids is 3. The molecule has 6 atom stereocenters. The number of hydrogen-bond donors (Lipinski definition) is 7. The smallest absolute Gasteiger partial charge is 0.259 e. The molecule has 1 amide bonds. The maximum absolute atomic E-state index is 14.0. The lowest BCUT2D eigenvalue weighted by molar-refractivity contribution is -0.173. The summed E-state index contributed by atoms with van der Waals surface area (Å²) in [6.45, 7) is 4.98. The minimum Gasteiger partial charge on any atom is -0.510 e. The molecule has 0 bridgehead atoms. The van der Waals surface area contributed by atoms with Crippen molar-refractivity contribution >= 4 is 17.5 Å². The summed E-state index contributed by atoms with van der Waals surface area (Å²) in [6, 6.07) is 2.65. The van der Waals surface area contributed by atoms with Gasteiger partial charge in [0, 0.05) is 13.1 Å². The predicted octanol–water partition coefficient (Wildman–Crippen LogP) is 0.467. The second kappa shape index (κ2) is 10.5. The van der Waals surface area contributed by atoms with Gasteiger partial charge in [-0.2, -0.15) is 0 Å². The van der Waals surface area contributed by atoms with Crippen molar-refractivity contribution in [1.29, 1.82) is 0 Å². The highest BCUT2D eigenvalue weighted by molar-refractivity contribution is 6.25. The fraction of sp³-hybridized carbons (Fsp3) is 0.567. The SMILES string of the molecule is CCC1CCN(CNC(=O)C2=C(O)[C@@H](N(C)C)[C@@H]3[C@@H](O)[C@H]4C(=C(O)[C@]3(O)C2=O)C(=O)c2c(O)cccc2[C@@]4(C)O)CC1. The van der Waals surface area contributed by atoms with Crippen molar-refractivity contribution in [3.8, 4) is 5.75 Å². The Morgan fingerprint density at radius 2 is 1.76 bits per heavy atom. The summed E-state index contributed by atoms with van der Waals surface area (Å²) in [4.78, 5) is 44.4. The van der Waals surface area contributed by atoms with E-state index in [2.05, 4.69) is 12.2 Å². The number of fused-ring (bicyclic) bond motifs is 3. The maximum atomic E-state index is 14.0. The molecule has 0 aromatic heterocycles. The van der Waals surface area contributed by atoms with E-state index in [1.54, 1.807) is 0 Å². The Morgan fingerprint density at radius 3 is 2.36 bits per heavy atom. The van der Waals surface area contributed by atoms with Gasteiger partial charge in [-0.3, -0.25) is 24.2 Å². The summed E-state index contributed by atoms with van der Waals surface area (Å²) in [5.41, 5.74) is -6.85. The number of aromatic hydroxyl groups is 1. The van der Waals surface area contributed by atoms with Crippen molar-refractivity contribution in [3.63, 3.8) is 0 Å². The lowest BCUT2D eigenvalue weighted by atomic mass is 9.54. The van der Waals surface area contributed by atoms with Crippen molar-refractivity contribution in [1.82, 2.24) is 15.1 Å². The van der Waals surface area contributed by atoms with Crippen LogP contribution in [0.4, 0.5) is 0 Å². The summed E-state index contributed by atoms with van der Waals surface area (Å²) in [5, 5.41) is 71.4. The molecule has 0 radical (unpaired) electrons. The summed E-state index contributed by atoms with van der Waals surface area (Å²) in [6.07, 6.45) is 1.12. The molecule has 0 spiro atoms. The Balaban J connectivity index is 1.59. The number of aliphatic hydroxyl groups excluding tert-OH is 3. The molecule has 1 fully saturated rings. The van der Waals surface area contributed by atoms with Crippen LogP contribution in [0.2, 0.25) is 0 Å². The summed E-state index contributed by atoms with van der Waals surface area (Å²) in [5.74, 6) is -8.33. The Kier molecular flexibility index (Phi) is 7.51. The van der Waals surface area contributed by atoms with E-state index in [9.17, 15) is 45.0 Å². The van der Waals surface area contributed by atoms with Gasteiger partial charge in [0.2, 0.25) is 5.78 Å². The van der Waals surface area contributed by atoms with Crippen LogP contribution >= 0.6 is 0 Å². The zero-order valence-electron chi connectivity index (χ0n) is 24.2. The fourth-order valence-corrected chi connectivity index (χ4v) is 7.41. The maximum Gasteiger partial charge on any atom is 0.259 e. The molecule has 4 aliphatic rings. The number of Topliss-reactive ketones (excluding diaryl/α,β-unsaturated/α-hetero) is 2. The quantitative estimate of drug-likeness (QED) is 0.238. The van der Waals surface area contributed by atoms with Gasteiger partial charge in [0.05, 0.1) is 47.4 Å². The number of hydrogen-bond acceptors (Lipinski definition) is 11. The zero-order chi connectivity index (χ0) is 30.9. The van der Waals surface area contributed by atoms with Crippen molar-refractivity contribution in [2.45, 2.75) is 56.5 Å². The molecule has 1 aromatic rings. The molecule has 1 saturated heterocycles. The van der Waals surface area contributed by atoms with Crippen molar-refractivity contribution in [2.24, 2.45) is 17.8 Å². The van der Waals surface area contributed by atoms with E-state index >= 15 is 0 Å². The van der Waals surface area contributed by atoms with Crippen LogP contribution in [0, 0.1) is 17.8 Å². The molecule has 1 aliphatic heterocycles. The number of aliphatic hydroxyl groups is 5. The molecule has 7 N–H and O–H groups in total. The topological polar surface area (TPSA) is 191 Å². The molecule has 228 valence electrons. The lowest BCUT2D eigenvalue weighted by Crippen LogP contribution is -2.70. The minimum atomic E-state index is -3.01. The largest absolute Gasteiger partial charge is 0.510 e. The summed E-state index contributed by atoms with van der Waals surface area (Å²) in [7, 11) is 2.98. The van der Waals surface area contributed by atoms with Crippen molar-refractivity contribution < 1.29 is 45.0 Å². The molecule has 0 saturated carbocycles. The average Bonchev–Trinajstić information content (AvgIpc) is 2.94. The number of nitrogens with one attached hydrogen (secondary N) is 1. The molecule has 0 unspecified atom stereocenters. The Morgan fingerprint density at radius 1 is 1.12 bits per heavy atom. The number of carbonyl (C=O) groups is 3. The molecule has 12 nitrogen and oxygen atoms in total. The van der Waals surface area contributed by atoms with E-state index in [1.165, 1.54) is 44.1 Å². The van der Waals surface area contributed by atoms with Crippen LogP contribution in [0.1, 0.15) is 49.0 Å². The second-order valence-corrected chi connectivity index (χ2v) is 12.3. The third-order valence-corrected chi connectivity index (χ3v) is 9.76. The molecule has 12 heteroatoms. The molecule has 42 heavy (non-hydrogen) atoms. The van der Waals surface area contributed by atoms with E-state index in [0.717, 1.165) is 32.4 Å². The van der Waals surface area contributed by atoms with Gasteiger partial charge in [-0.15, -0.1) is 0 Å². The fourth-order valence-electron chi connectivity index (χ4n) is 7.41. The van der Waals surface area contributed by atoms with Crippen molar-refractivity contribution in [3.05, 3.63) is 52.0 Å². The van der Waals surface area contributed by atoms with Gasteiger partial charge in [0.1, 0.15) is 22.8 Å². The van der Waals surface area contributed by atoms with Crippen LogP contribution in [0.5, 0.6) is 5.75 Å². The number of ketones is 2. The van der Waals surface area contributed by atoms with Crippen LogP contribution in [-0.4, -0.2) is 110 Å². The van der Waals surface area contributed by atoms with Gasteiger partial charge >= 0.3 is 0 Å². The van der Waals surface area contributed by atoms with Gasteiger partial charge in [-0.05, 0) is 51.4 Å². The van der Waals surface area contributed by atoms with Crippen LogP contribution in [0.15, 0.2) is 40.9 Å². The first kappa shape index (κ1) is 30.2. The predicted molar refractivity (Wildman–Crippen MR) is 149 cm³/mol. The van der Waals surface area contributed by atoms with E-state index < -0.39 is 81.1 Å². The Labute approximate surface area is 243 Å². The molecule has 3 aliphatic carbocycles. The number of likely N-dealkylation sites (N-methyl/N-ethyl adjacent to an activating group) is 1. The summed E-state index contributed by atoms with van der Waals surface area (Å²) < 4.78 is 0. The number of likely N-dealkylation sites (tertiary alicyclic amines) is 1. The number of benzene rings is 1. The van der Waals surface area contributed by atoms with Crippen molar-refractivity contribution in [2.75, 3.05) is 33.9 Å². The Hall–Kier alpha value is -3.29. The van der Waals surface area contributed by atoms with Gasteiger partial charge in [0.15, 0.2) is 11.4 Å². The number of amides is 1. The van der Waals surface area contributed by atoms with Gasteiger partial charge in [-0.25, -0.2) is 0 Å². The van der Waals surface area contributed by atoms with Crippen LogP contribution in [0.3, 0.4) is 0 Å². The van der Waals surface area contributed by atoms with Gasteiger partial charge in [0.25, 0.3) is 5.91 Å². The monoisotopic (exact) mass is 585 g/mol. The molecule has 5 rings (SSSR count). The van der Waals surface area contributed by atoms with E-state index in [0.29, 0.717) is 5.92 Å². The zero-order valence-corrected chi connectivity index (χ0v) is 24.2. The number of rotatable bonds is 5. The Bertz CT molecular complexity index is 1390. The number of phenols is 1. The highest BCUT2D eigenvalue weighted by Crippen LogP contribution is 2.56. The molecular formula is C30H39N3O9. The standard InChI is InChI=1S/C30H39N3O9/c1-5-14-9-11-33(12-10-14)13-31-28(40)19-24(36)22(32(3)4)21-25(37)20-18(26(38)30(21,42)27(19)39)23(35)17-15(29(20,2)41)7-6-8-16(17)34/h6-8,14,20-22,25,34,36-38,41-42H,5,9-13H2,1-4H3,(H,31,40)/t20-,21-,22+,25+,29-,30+/m1/s1. The van der Waals surface area contributed by atoms with Crippen LogP contribution < -0.4 is 5.32 Å². The first-order valence-electron chi connectivity index (χ1n) is 14.3. The number of nitrogens with zero attached hydrogens (tertiary/aromatic N) is 2. The van der Waals surface area contributed by atoms with Gasteiger partial charge < -0.3 is 36.0 Å². The first-order valence-corrected chi connectivity index (χ1v) is 14.3. The van der Waals surface area contributed by atoms with E-state index in [1.807, 2.05) is 4.90 Å². The highest BCUT2D eigenvalue weighted by atomic mass is 16.4. The molecular weight excluding hydrogens is 546 g/mol. The van der Waals surface area contributed by atoms with Crippen LogP contribution in [-0.2, 0) is 15.2 Å². The normalized spacial score (nSPS) is 33.9. The van der Waals surface area contributed by atoms with Gasteiger partial charge in [-0.1, -0.05) is 25.5 Å². The lowest BCUT2D eigenvalue weighted by Gasteiger charge is -2.55. The number of phenolic OH excluding ortho intramolecular Hbond substituents is 1. The van der Waals surface area contributed by atoms with E-state index in [-0.39, 0.29) is 17.8 Å². The number of piperidine rings is 1. The highest BCUT2D eigenvalue weighted by Gasteiger charge is 2.69. The average molecular weight is 586 g/mol. The third kappa shape index (κ3) is 4.19. The first-order chi connectivity index (χ1) is 19.7. The summed E-state index contributed by atoms with van der Waals surface area (Å²) >= 11 is 0. The second-order valence-electron chi connectivity index (χ2n) is 12.3. The van der Waals surface area contributed by atoms with Crippen LogP contribution in [0.25, 0.3) is 0 Å². The third-order valence-electron chi connectivity index (χ3n) is 9.76. The minimum absolute atomic E-state index is 0.00937. The molecule has 1 aromatic carbocycles. The van der Waals surface area contributed by atoms with E-state index in [4.69, 9.17) is 0 Å².